The zero-order valence-corrected chi connectivity index (χ0v) is 11.0. The minimum atomic E-state index is 0.616. The van der Waals surface area contributed by atoms with Crippen LogP contribution in [0, 0.1) is 0 Å². The van der Waals surface area contributed by atoms with Gasteiger partial charge < -0.3 is 22.1 Å². The van der Waals surface area contributed by atoms with E-state index in [4.69, 9.17) is 11.5 Å². The Morgan fingerprint density at radius 3 is 2.53 bits per heavy atom. The summed E-state index contributed by atoms with van der Waals surface area (Å²) in [5, 5.41) is 6.97. The van der Waals surface area contributed by atoms with Crippen molar-refractivity contribution >= 4 is 0 Å². The average molecular weight is 243 g/mol. The second-order valence-corrected chi connectivity index (χ2v) is 4.72. The zero-order chi connectivity index (χ0) is 12.3. The summed E-state index contributed by atoms with van der Waals surface area (Å²) in [4.78, 5) is 2.56. The molecule has 1 atom stereocenters. The number of hydrogen-bond acceptors (Lipinski definition) is 5. The molecule has 0 saturated carbocycles. The van der Waals surface area contributed by atoms with Gasteiger partial charge in [-0.15, -0.1) is 0 Å². The molecule has 102 valence electrons. The quantitative estimate of drug-likeness (QED) is 0.478. The second kappa shape index (κ2) is 9.79. The van der Waals surface area contributed by atoms with Crippen LogP contribution in [-0.2, 0) is 0 Å². The molecule has 0 aliphatic carbocycles. The Balaban J connectivity index is 2.45. The largest absolute Gasteiger partial charge is 0.330 e. The van der Waals surface area contributed by atoms with Gasteiger partial charge in [0.2, 0.25) is 0 Å². The van der Waals surface area contributed by atoms with E-state index in [2.05, 4.69) is 15.5 Å². The van der Waals surface area contributed by atoms with Gasteiger partial charge in [0.05, 0.1) is 0 Å². The molecular weight excluding hydrogens is 214 g/mol. The first kappa shape index (κ1) is 14.9. The maximum atomic E-state index is 5.62. The minimum absolute atomic E-state index is 0.616. The molecule has 0 aromatic carbocycles. The van der Waals surface area contributed by atoms with Gasteiger partial charge in [-0.05, 0) is 38.9 Å². The summed E-state index contributed by atoms with van der Waals surface area (Å²) in [6.07, 6.45) is 3.38. The van der Waals surface area contributed by atoms with Crippen LogP contribution in [0.2, 0.25) is 0 Å². The van der Waals surface area contributed by atoms with Crippen LogP contribution in [-0.4, -0.2) is 63.3 Å². The molecule has 1 rings (SSSR count). The SMILES string of the molecule is NCCCC1CNCCNCCN1CCCN. The maximum Gasteiger partial charge on any atom is 0.0221 e. The molecule has 0 aromatic heterocycles. The van der Waals surface area contributed by atoms with E-state index in [1.165, 1.54) is 6.42 Å². The Kier molecular flexibility index (Phi) is 8.56. The molecule has 1 fully saturated rings. The van der Waals surface area contributed by atoms with Crippen molar-refractivity contribution in [1.29, 1.82) is 0 Å². The van der Waals surface area contributed by atoms with Crippen LogP contribution in [0.4, 0.5) is 0 Å². The fraction of sp³-hybridized carbons (Fsp3) is 1.00. The van der Waals surface area contributed by atoms with Crippen molar-refractivity contribution in [3.8, 4) is 0 Å². The third-order valence-electron chi connectivity index (χ3n) is 3.34. The molecule has 0 spiro atoms. The van der Waals surface area contributed by atoms with Gasteiger partial charge in [-0.2, -0.15) is 0 Å². The monoisotopic (exact) mass is 243 g/mol. The van der Waals surface area contributed by atoms with Crippen molar-refractivity contribution in [2.45, 2.75) is 25.3 Å². The summed E-state index contributed by atoms with van der Waals surface area (Å²) in [6.45, 7) is 8.07. The predicted octanol–water partition coefficient (Wildman–Crippen LogP) is -1.06. The summed E-state index contributed by atoms with van der Waals surface area (Å²) in [7, 11) is 0. The van der Waals surface area contributed by atoms with Crippen LogP contribution in [0.15, 0.2) is 0 Å². The molecule has 0 amide bonds. The standard InChI is InChI=1S/C12H29N5/c13-4-1-3-12-11-16-7-6-15-8-10-17(12)9-2-5-14/h12,15-16H,1-11,13-14H2. The second-order valence-electron chi connectivity index (χ2n) is 4.72. The lowest BCUT2D eigenvalue weighted by molar-refractivity contribution is 0.185. The molecule has 0 bridgehead atoms. The smallest absolute Gasteiger partial charge is 0.0221 e. The van der Waals surface area contributed by atoms with Gasteiger partial charge >= 0.3 is 0 Å². The highest BCUT2D eigenvalue weighted by Crippen LogP contribution is 2.07. The molecule has 5 heteroatoms. The fourth-order valence-electron chi connectivity index (χ4n) is 2.33. The highest BCUT2D eigenvalue weighted by Gasteiger charge is 2.17. The summed E-state index contributed by atoms with van der Waals surface area (Å²) in [6, 6.07) is 0.616. The Hall–Kier alpha value is -0.200. The van der Waals surface area contributed by atoms with E-state index in [0.29, 0.717) is 6.04 Å². The van der Waals surface area contributed by atoms with Crippen LogP contribution in [0.3, 0.4) is 0 Å². The van der Waals surface area contributed by atoms with Crippen LogP contribution >= 0.6 is 0 Å². The van der Waals surface area contributed by atoms with Gasteiger partial charge in [-0.1, -0.05) is 0 Å². The highest BCUT2D eigenvalue weighted by atomic mass is 15.2. The van der Waals surface area contributed by atoms with E-state index in [9.17, 15) is 0 Å². The Bertz CT molecular complexity index is 158. The first-order chi connectivity index (χ1) is 8.38. The highest BCUT2D eigenvalue weighted by molar-refractivity contribution is 4.77. The number of nitrogens with zero attached hydrogens (tertiary/aromatic N) is 1. The van der Waals surface area contributed by atoms with Crippen molar-refractivity contribution in [3.05, 3.63) is 0 Å². The molecule has 0 radical (unpaired) electrons. The minimum Gasteiger partial charge on any atom is -0.330 e. The van der Waals surface area contributed by atoms with E-state index in [1.54, 1.807) is 0 Å². The van der Waals surface area contributed by atoms with Crippen LogP contribution in [0.25, 0.3) is 0 Å². The van der Waals surface area contributed by atoms with Gasteiger partial charge in [-0.3, -0.25) is 4.90 Å². The van der Waals surface area contributed by atoms with Crippen molar-refractivity contribution in [2.75, 3.05) is 52.4 Å². The molecule has 1 heterocycles. The van der Waals surface area contributed by atoms with Gasteiger partial charge in [0.1, 0.15) is 0 Å². The van der Waals surface area contributed by atoms with Gasteiger partial charge in [0.25, 0.3) is 0 Å². The maximum absolute atomic E-state index is 5.62. The molecule has 1 aliphatic rings. The molecule has 5 nitrogen and oxygen atoms in total. The normalized spacial score (nSPS) is 24.0. The van der Waals surface area contributed by atoms with Crippen LogP contribution in [0.1, 0.15) is 19.3 Å². The number of nitrogens with two attached hydrogens (primary N) is 2. The Morgan fingerprint density at radius 1 is 1.00 bits per heavy atom. The van der Waals surface area contributed by atoms with Gasteiger partial charge in [-0.25, -0.2) is 0 Å². The summed E-state index contributed by atoms with van der Waals surface area (Å²) in [5.41, 5.74) is 11.2. The Labute approximate surface area is 105 Å². The topological polar surface area (TPSA) is 79.3 Å². The number of nitrogens with one attached hydrogen (secondary N) is 2. The fourth-order valence-corrected chi connectivity index (χ4v) is 2.33. The van der Waals surface area contributed by atoms with Crippen molar-refractivity contribution in [1.82, 2.24) is 15.5 Å². The zero-order valence-electron chi connectivity index (χ0n) is 11.0. The molecule has 17 heavy (non-hydrogen) atoms. The summed E-state index contributed by atoms with van der Waals surface area (Å²) >= 11 is 0. The van der Waals surface area contributed by atoms with Crippen LogP contribution < -0.4 is 22.1 Å². The number of rotatable bonds is 6. The van der Waals surface area contributed by atoms with Crippen LogP contribution in [0.5, 0.6) is 0 Å². The third-order valence-corrected chi connectivity index (χ3v) is 3.34. The van der Waals surface area contributed by atoms with E-state index in [-0.39, 0.29) is 0 Å². The molecule has 0 aromatic rings. The lowest BCUT2D eigenvalue weighted by Crippen LogP contribution is -2.44. The van der Waals surface area contributed by atoms with E-state index >= 15 is 0 Å². The van der Waals surface area contributed by atoms with E-state index < -0.39 is 0 Å². The first-order valence-corrected chi connectivity index (χ1v) is 6.94. The molecule has 1 aliphatic heterocycles. The van der Waals surface area contributed by atoms with E-state index in [0.717, 1.165) is 65.2 Å². The average Bonchev–Trinajstić information content (AvgIpc) is 2.46. The lowest BCUT2D eigenvalue weighted by atomic mass is 10.1. The number of hydrogen-bond donors (Lipinski definition) is 4. The predicted molar refractivity (Wildman–Crippen MR) is 73.1 cm³/mol. The third kappa shape index (κ3) is 6.33. The summed E-state index contributed by atoms with van der Waals surface area (Å²) < 4.78 is 0. The van der Waals surface area contributed by atoms with Crippen molar-refractivity contribution < 1.29 is 0 Å². The molecule has 1 unspecified atom stereocenters. The summed E-state index contributed by atoms with van der Waals surface area (Å²) in [5.74, 6) is 0. The van der Waals surface area contributed by atoms with Crippen molar-refractivity contribution in [3.63, 3.8) is 0 Å². The van der Waals surface area contributed by atoms with Gasteiger partial charge in [0.15, 0.2) is 0 Å². The molecule has 1 saturated heterocycles. The van der Waals surface area contributed by atoms with Crippen molar-refractivity contribution in [2.24, 2.45) is 11.5 Å². The Morgan fingerprint density at radius 2 is 1.76 bits per heavy atom. The molecular formula is C12H29N5. The first-order valence-electron chi connectivity index (χ1n) is 6.94. The van der Waals surface area contributed by atoms with E-state index in [1.807, 2.05) is 0 Å². The molecule has 6 N–H and O–H groups in total. The lowest BCUT2D eigenvalue weighted by Gasteiger charge is -2.31. The van der Waals surface area contributed by atoms with Gasteiger partial charge in [0, 0.05) is 38.8 Å².